The summed E-state index contributed by atoms with van der Waals surface area (Å²) < 4.78 is 5.35. The Morgan fingerprint density at radius 3 is 2.29 bits per heavy atom. The average molecular weight is 313 g/mol. The molecule has 1 aliphatic heterocycles. The van der Waals surface area contributed by atoms with E-state index < -0.39 is 0 Å². The first-order valence-electron chi connectivity index (χ1n) is 7.19. The number of carbonyl (C=O) groups excluding carboxylic acids is 1. The van der Waals surface area contributed by atoms with Crippen LogP contribution < -0.4 is 5.32 Å². The number of benzene rings is 1. The number of nitrogens with zero attached hydrogens (tertiary/aromatic N) is 1. The van der Waals surface area contributed by atoms with Crippen molar-refractivity contribution in [3.63, 3.8) is 0 Å². The van der Waals surface area contributed by atoms with Gasteiger partial charge in [-0.25, -0.2) is 4.79 Å². The van der Waals surface area contributed by atoms with Gasteiger partial charge in [0.25, 0.3) is 0 Å². The maximum Gasteiger partial charge on any atom is 0.410 e. The van der Waals surface area contributed by atoms with Crippen molar-refractivity contribution in [1.29, 1.82) is 0 Å². The number of nitrogens with one attached hydrogen (secondary N) is 1. The first-order valence-corrected chi connectivity index (χ1v) is 7.19. The highest BCUT2D eigenvalue weighted by Crippen LogP contribution is 2.22. The molecule has 1 aromatic carbocycles. The molecule has 1 aliphatic rings. The van der Waals surface area contributed by atoms with Crippen molar-refractivity contribution in [1.82, 2.24) is 10.2 Å². The molecule has 0 radical (unpaired) electrons. The summed E-state index contributed by atoms with van der Waals surface area (Å²) in [4.78, 5) is 13.6. The number of hydrogen-bond donors (Lipinski definition) is 1. The molecular weight excluding hydrogens is 288 g/mol. The van der Waals surface area contributed by atoms with Gasteiger partial charge in [-0.15, -0.1) is 12.4 Å². The Kier molecular flexibility index (Phi) is 6.49. The Morgan fingerprint density at radius 1 is 1.19 bits per heavy atom. The van der Waals surface area contributed by atoms with E-state index in [9.17, 15) is 4.79 Å². The SMILES string of the molecule is CC(C)(C)c1ccc(COC(=O)N2CCNCC2)cc1.Cl. The van der Waals surface area contributed by atoms with Crippen molar-refractivity contribution < 1.29 is 9.53 Å². The largest absolute Gasteiger partial charge is 0.445 e. The summed E-state index contributed by atoms with van der Waals surface area (Å²) in [5.74, 6) is 0. The van der Waals surface area contributed by atoms with Crippen molar-refractivity contribution in [3.05, 3.63) is 35.4 Å². The second kappa shape index (κ2) is 7.66. The van der Waals surface area contributed by atoms with Gasteiger partial charge in [0, 0.05) is 26.2 Å². The lowest BCUT2D eigenvalue weighted by Crippen LogP contribution is -2.46. The topological polar surface area (TPSA) is 41.6 Å². The third kappa shape index (κ3) is 5.21. The summed E-state index contributed by atoms with van der Waals surface area (Å²) in [5.41, 5.74) is 2.46. The van der Waals surface area contributed by atoms with E-state index in [1.807, 2.05) is 12.1 Å². The first kappa shape index (κ1) is 17.8. The molecule has 4 nitrogen and oxygen atoms in total. The number of amides is 1. The Bertz CT molecular complexity index is 448. The normalized spacial score (nSPS) is 15.3. The van der Waals surface area contributed by atoms with Crippen LogP contribution in [0.25, 0.3) is 0 Å². The standard InChI is InChI=1S/C16H24N2O2.ClH/c1-16(2,3)14-6-4-13(5-7-14)12-20-15(19)18-10-8-17-9-11-18;/h4-7,17H,8-12H2,1-3H3;1H. The molecule has 1 N–H and O–H groups in total. The van der Waals surface area contributed by atoms with Gasteiger partial charge in [0.2, 0.25) is 0 Å². The van der Waals surface area contributed by atoms with E-state index in [2.05, 4.69) is 38.2 Å². The molecule has 118 valence electrons. The van der Waals surface area contributed by atoms with Gasteiger partial charge < -0.3 is 15.0 Å². The van der Waals surface area contributed by atoms with Crippen LogP contribution in [0.2, 0.25) is 0 Å². The van der Waals surface area contributed by atoms with Crippen LogP contribution >= 0.6 is 12.4 Å². The Balaban J connectivity index is 0.00000220. The molecule has 1 saturated heterocycles. The van der Waals surface area contributed by atoms with Crippen molar-refractivity contribution >= 4 is 18.5 Å². The van der Waals surface area contributed by atoms with Gasteiger partial charge in [0.1, 0.15) is 6.61 Å². The van der Waals surface area contributed by atoms with E-state index in [0.717, 1.165) is 31.7 Å². The molecular formula is C16H25ClN2O2. The molecule has 0 spiro atoms. The first-order chi connectivity index (χ1) is 9.47. The number of halogens is 1. The van der Waals surface area contributed by atoms with E-state index >= 15 is 0 Å². The summed E-state index contributed by atoms with van der Waals surface area (Å²) in [5, 5.41) is 3.21. The zero-order chi connectivity index (χ0) is 14.6. The zero-order valence-electron chi connectivity index (χ0n) is 13.0. The molecule has 1 fully saturated rings. The number of rotatable bonds is 2. The molecule has 5 heteroatoms. The fourth-order valence-corrected chi connectivity index (χ4v) is 2.18. The summed E-state index contributed by atoms with van der Waals surface area (Å²) in [6.07, 6.45) is -0.216. The van der Waals surface area contributed by atoms with Gasteiger partial charge in [0.15, 0.2) is 0 Å². The van der Waals surface area contributed by atoms with Gasteiger partial charge in [-0.05, 0) is 16.5 Å². The van der Waals surface area contributed by atoms with E-state index in [1.165, 1.54) is 5.56 Å². The number of ether oxygens (including phenoxy) is 1. The lowest BCUT2D eigenvalue weighted by Gasteiger charge is -2.26. The molecule has 1 heterocycles. The zero-order valence-corrected chi connectivity index (χ0v) is 13.8. The summed E-state index contributed by atoms with van der Waals surface area (Å²) >= 11 is 0. The van der Waals surface area contributed by atoms with E-state index in [0.29, 0.717) is 6.61 Å². The average Bonchev–Trinajstić information content (AvgIpc) is 2.45. The minimum absolute atomic E-state index is 0. The quantitative estimate of drug-likeness (QED) is 0.913. The fraction of sp³-hybridized carbons (Fsp3) is 0.562. The van der Waals surface area contributed by atoms with Crippen molar-refractivity contribution in [2.45, 2.75) is 32.8 Å². The van der Waals surface area contributed by atoms with Gasteiger partial charge in [-0.1, -0.05) is 45.0 Å². The van der Waals surface area contributed by atoms with Crippen LogP contribution in [-0.2, 0) is 16.8 Å². The van der Waals surface area contributed by atoms with E-state index in [1.54, 1.807) is 4.90 Å². The Hall–Kier alpha value is -1.26. The predicted octanol–water partition coefficient (Wildman–Crippen LogP) is 2.95. The van der Waals surface area contributed by atoms with E-state index in [-0.39, 0.29) is 23.9 Å². The van der Waals surface area contributed by atoms with Crippen LogP contribution in [0.5, 0.6) is 0 Å². The third-order valence-corrected chi connectivity index (χ3v) is 3.56. The highest BCUT2D eigenvalue weighted by molar-refractivity contribution is 5.85. The van der Waals surface area contributed by atoms with Gasteiger partial charge >= 0.3 is 6.09 Å². The second-order valence-electron chi connectivity index (χ2n) is 6.24. The summed E-state index contributed by atoms with van der Waals surface area (Å²) in [6.45, 7) is 10.0. The summed E-state index contributed by atoms with van der Waals surface area (Å²) in [6, 6.07) is 8.28. The predicted molar refractivity (Wildman–Crippen MR) is 87.0 cm³/mol. The highest BCUT2D eigenvalue weighted by atomic mass is 35.5. The monoisotopic (exact) mass is 312 g/mol. The van der Waals surface area contributed by atoms with Gasteiger partial charge in [-0.2, -0.15) is 0 Å². The van der Waals surface area contributed by atoms with Gasteiger partial charge in [-0.3, -0.25) is 0 Å². The molecule has 0 aliphatic carbocycles. The summed E-state index contributed by atoms with van der Waals surface area (Å²) in [7, 11) is 0. The lowest BCUT2D eigenvalue weighted by atomic mass is 9.87. The molecule has 1 amide bonds. The third-order valence-electron chi connectivity index (χ3n) is 3.56. The van der Waals surface area contributed by atoms with Crippen LogP contribution in [0, 0.1) is 0 Å². The fourth-order valence-electron chi connectivity index (χ4n) is 2.18. The number of hydrogen-bond acceptors (Lipinski definition) is 3. The van der Waals surface area contributed by atoms with Crippen LogP contribution in [0.1, 0.15) is 31.9 Å². The number of carbonyl (C=O) groups is 1. The molecule has 0 unspecified atom stereocenters. The Morgan fingerprint density at radius 2 is 1.76 bits per heavy atom. The minimum Gasteiger partial charge on any atom is -0.445 e. The molecule has 0 atom stereocenters. The molecule has 1 aromatic rings. The molecule has 0 bridgehead atoms. The maximum atomic E-state index is 11.9. The van der Waals surface area contributed by atoms with Gasteiger partial charge in [0.05, 0.1) is 0 Å². The van der Waals surface area contributed by atoms with Crippen molar-refractivity contribution in [2.24, 2.45) is 0 Å². The number of piperazine rings is 1. The smallest absolute Gasteiger partial charge is 0.410 e. The molecule has 0 aromatic heterocycles. The van der Waals surface area contributed by atoms with Crippen LogP contribution in [0.4, 0.5) is 4.79 Å². The second-order valence-corrected chi connectivity index (χ2v) is 6.24. The van der Waals surface area contributed by atoms with E-state index in [4.69, 9.17) is 4.74 Å². The Labute approximate surface area is 133 Å². The highest BCUT2D eigenvalue weighted by Gasteiger charge is 2.17. The van der Waals surface area contributed by atoms with Crippen LogP contribution in [0.3, 0.4) is 0 Å². The molecule has 21 heavy (non-hydrogen) atoms. The lowest BCUT2D eigenvalue weighted by molar-refractivity contribution is 0.0918. The van der Waals surface area contributed by atoms with Crippen molar-refractivity contribution in [2.75, 3.05) is 26.2 Å². The van der Waals surface area contributed by atoms with Crippen LogP contribution in [0.15, 0.2) is 24.3 Å². The molecule has 0 saturated carbocycles. The maximum absolute atomic E-state index is 11.9. The van der Waals surface area contributed by atoms with Crippen LogP contribution in [-0.4, -0.2) is 37.2 Å². The minimum atomic E-state index is -0.216. The molecule has 2 rings (SSSR count). The van der Waals surface area contributed by atoms with Crippen molar-refractivity contribution in [3.8, 4) is 0 Å².